The first-order valence-electron chi connectivity index (χ1n) is 11.9. The molecule has 0 aliphatic carbocycles. The standard InChI is InChI=1S/C27H33FN4O3S/c1-27(2,21-7-6-8-22(34-4)25(21)35-5)23-17-29-26(32(23)20-11-9-19(28)10-12-20)36-18-24(33)31-15-13-30(3)14-16-31/h6-12,17H,13-16,18H2,1-5H3. The number of ether oxygens (including phenoxy) is 2. The molecule has 0 bridgehead atoms. The molecule has 1 aliphatic heterocycles. The Morgan fingerprint density at radius 2 is 1.75 bits per heavy atom. The fourth-order valence-electron chi connectivity index (χ4n) is 4.51. The molecule has 2 aromatic carbocycles. The molecule has 1 saturated heterocycles. The van der Waals surface area contributed by atoms with Crippen molar-refractivity contribution in [2.75, 3.05) is 53.2 Å². The average molecular weight is 513 g/mol. The van der Waals surface area contributed by atoms with Crippen molar-refractivity contribution in [3.8, 4) is 17.2 Å². The minimum absolute atomic E-state index is 0.0945. The molecule has 192 valence electrons. The molecule has 1 aromatic heterocycles. The summed E-state index contributed by atoms with van der Waals surface area (Å²) in [6.45, 7) is 7.39. The monoisotopic (exact) mass is 512 g/mol. The largest absolute Gasteiger partial charge is 0.493 e. The highest BCUT2D eigenvalue weighted by atomic mass is 32.2. The number of amides is 1. The minimum atomic E-state index is -0.554. The van der Waals surface area contributed by atoms with Crippen LogP contribution < -0.4 is 9.47 Å². The van der Waals surface area contributed by atoms with Crippen LogP contribution >= 0.6 is 11.8 Å². The molecule has 36 heavy (non-hydrogen) atoms. The predicted molar refractivity (Wildman–Crippen MR) is 140 cm³/mol. The molecule has 0 saturated carbocycles. The fourth-order valence-corrected chi connectivity index (χ4v) is 5.40. The highest BCUT2D eigenvalue weighted by Crippen LogP contribution is 2.43. The third-order valence-electron chi connectivity index (χ3n) is 6.71. The van der Waals surface area contributed by atoms with Gasteiger partial charge in [-0.1, -0.05) is 37.7 Å². The molecule has 0 spiro atoms. The second-order valence-electron chi connectivity index (χ2n) is 9.38. The predicted octanol–water partition coefficient (Wildman–Crippen LogP) is 4.22. The summed E-state index contributed by atoms with van der Waals surface area (Å²) < 4.78 is 27.0. The van der Waals surface area contributed by atoms with Gasteiger partial charge in [0.05, 0.1) is 31.9 Å². The van der Waals surface area contributed by atoms with Crippen LogP contribution in [0.1, 0.15) is 25.1 Å². The summed E-state index contributed by atoms with van der Waals surface area (Å²) in [7, 11) is 5.31. The van der Waals surface area contributed by atoms with Gasteiger partial charge in [-0.3, -0.25) is 9.36 Å². The fraction of sp³-hybridized carbons (Fsp3) is 0.407. The van der Waals surface area contributed by atoms with Crippen LogP contribution in [-0.4, -0.2) is 78.5 Å². The maximum atomic E-state index is 13.8. The number of thioether (sulfide) groups is 1. The minimum Gasteiger partial charge on any atom is -0.493 e. The molecule has 0 atom stereocenters. The van der Waals surface area contributed by atoms with Crippen LogP contribution in [0.25, 0.3) is 5.69 Å². The van der Waals surface area contributed by atoms with Crippen molar-refractivity contribution in [1.29, 1.82) is 0 Å². The molecule has 3 aromatic rings. The first-order chi connectivity index (χ1) is 17.3. The van der Waals surface area contributed by atoms with E-state index in [1.165, 1.54) is 23.9 Å². The first kappa shape index (κ1) is 26.0. The summed E-state index contributed by atoms with van der Waals surface area (Å²) in [6, 6.07) is 12.1. The van der Waals surface area contributed by atoms with Crippen molar-refractivity contribution < 1.29 is 18.7 Å². The lowest BCUT2D eigenvalue weighted by Gasteiger charge is -2.32. The van der Waals surface area contributed by atoms with Gasteiger partial charge in [-0.2, -0.15) is 0 Å². The van der Waals surface area contributed by atoms with Gasteiger partial charge < -0.3 is 19.3 Å². The third kappa shape index (κ3) is 5.22. The summed E-state index contributed by atoms with van der Waals surface area (Å²) in [5.41, 5.74) is 2.03. The van der Waals surface area contributed by atoms with Gasteiger partial charge in [-0.25, -0.2) is 9.37 Å². The molecule has 0 unspecified atom stereocenters. The smallest absolute Gasteiger partial charge is 0.233 e. The Labute approximate surface area is 216 Å². The molecule has 1 amide bonds. The number of hydrogen-bond donors (Lipinski definition) is 0. The van der Waals surface area contributed by atoms with Gasteiger partial charge in [0.25, 0.3) is 0 Å². The molecule has 0 radical (unpaired) electrons. The second kappa shape index (κ2) is 10.9. The van der Waals surface area contributed by atoms with Crippen molar-refractivity contribution in [3.63, 3.8) is 0 Å². The Morgan fingerprint density at radius 1 is 1.06 bits per heavy atom. The second-order valence-corrected chi connectivity index (χ2v) is 10.3. The van der Waals surface area contributed by atoms with Crippen LogP contribution in [0.4, 0.5) is 4.39 Å². The van der Waals surface area contributed by atoms with E-state index >= 15 is 0 Å². The molecule has 7 nitrogen and oxygen atoms in total. The summed E-state index contributed by atoms with van der Waals surface area (Å²) in [5.74, 6) is 1.36. The van der Waals surface area contributed by atoms with Gasteiger partial charge in [0, 0.05) is 42.8 Å². The molecule has 4 rings (SSSR count). The highest BCUT2D eigenvalue weighted by Gasteiger charge is 2.33. The van der Waals surface area contributed by atoms with Crippen molar-refractivity contribution in [3.05, 3.63) is 65.7 Å². The number of methoxy groups -OCH3 is 2. The number of rotatable bonds is 8. The molecule has 1 aliphatic rings. The number of para-hydroxylation sites is 1. The van der Waals surface area contributed by atoms with Crippen LogP contribution in [0.15, 0.2) is 53.8 Å². The zero-order chi connectivity index (χ0) is 25.9. The third-order valence-corrected chi connectivity index (χ3v) is 7.65. The van der Waals surface area contributed by atoms with E-state index in [0.717, 1.165) is 43.1 Å². The lowest BCUT2D eigenvalue weighted by atomic mass is 9.80. The zero-order valence-corrected chi connectivity index (χ0v) is 22.3. The number of hydrogen-bond acceptors (Lipinski definition) is 6. The lowest BCUT2D eigenvalue weighted by Crippen LogP contribution is -2.47. The zero-order valence-electron chi connectivity index (χ0n) is 21.5. The molecule has 0 N–H and O–H groups in total. The van der Waals surface area contributed by atoms with E-state index in [4.69, 9.17) is 14.5 Å². The van der Waals surface area contributed by atoms with E-state index in [0.29, 0.717) is 16.7 Å². The number of aromatic nitrogens is 2. The Balaban J connectivity index is 1.71. The summed E-state index contributed by atoms with van der Waals surface area (Å²) in [6.07, 6.45) is 1.82. The number of likely N-dealkylation sites (N-methyl/N-ethyl adjacent to an activating group) is 1. The van der Waals surface area contributed by atoms with Crippen LogP contribution in [-0.2, 0) is 10.2 Å². The maximum absolute atomic E-state index is 13.8. The highest BCUT2D eigenvalue weighted by molar-refractivity contribution is 7.99. The van der Waals surface area contributed by atoms with Crippen LogP contribution in [0.5, 0.6) is 11.5 Å². The van der Waals surface area contributed by atoms with E-state index < -0.39 is 5.41 Å². The van der Waals surface area contributed by atoms with E-state index in [1.807, 2.05) is 33.9 Å². The van der Waals surface area contributed by atoms with Gasteiger partial charge in [-0.05, 0) is 37.4 Å². The van der Waals surface area contributed by atoms with E-state index in [2.05, 4.69) is 25.8 Å². The number of benzene rings is 2. The van der Waals surface area contributed by atoms with Gasteiger partial charge >= 0.3 is 0 Å². The topological polar surface area (TPSA) is 59.8 Å². The normalized spacial score (nSPS) is 14.7. The van der Waals surface area contributed by atoms with Crippen molar-refractivity contribution in [1.82, 2.24) is 19.4 Å². The number of piperazine rings is 1. The van der Waals surface area contributed by atoms with Crippen molar-refractivity contribution in [2.45, 2.75) is 24.4 Å². The van der Waals surface area contributed by atoms with Crippen LogP contribution in [0.3, 0.4) is 0 Å². The lowest BCUT2D eigenvalue weighted by molar-refractivity contribution is -0.129. The van der Waals surface area contributed by atoms with Gasteiger partial charge in [0.2, 0.25) is 5.91 Å². The maximum Gasteiger partial charge on any atom is 0.233 e. The first-order valence-corrected chi connectivity index (χ1v) is 12.9. The SMILES string of the molecule is COc1cccc(C(C)(C)c2cnc(SCC(=O)N3CCN(C)CC3)n2-c2ccc(F)cc2)c1OC. The number of imidazole rings is 1. The van der Waals surface area contributed by atoms with E-state index in [9.17, 15) is 9.18 Å². The van der Waals surface area contributed by atoms with Crippen LogP contribution in [0.2, 0.25) is 0 Å². The Hall–Kier alpha value is -3.04. The van der Waals surface area contributed by atoms with E-state index in [1.54, 1.807) is 26.4 Å². The number of carbonyl (C=O) groups excluding carboxylic acids is 1. The molecule has 9 heteroatoms. The van der Waals surface area contributed by atoms with Gasteiger partial charge in [0.15, 0.2) is 16.7 Å². The van der Waals surface area contributed by atoms with Gasteiger partial charge in [-0.15, -0.1) is 0 Å². The Kier molecular flexibility index (Phi) is 7.90. The summed E-state index contributed by atoms with van der Waals surface area (Å²) >= 11 is 1.40. The summed E-state index contributed by atoms with van der Waals surface area (Å²) in [5, 5.41) is 0.675. The molecule has 1 fully saturated rings. The molecular weight excluding hydrogens is 479 g/mol. The van der Waals surface area contributed by atoms with Crippen molar-refractivity contribution in [2.24, 2.45) is 0 Å². The van der Waals surface area contributed by atoms with Crippen LogP contribution in [0, 0.1) is 5.82 Å². The molecule has 2 heterocycles. The molecular formula is C27H33FN4O3S. The number of carbonyl (C=O) groups is 1. The van der Waals surface area contributed by atoms with E-state index in [-0.39, 0.29) is 17.5 Å². The van der Waals surface area contributed by atoms with Gasteiger partial charge in [0.1, 0.15) is 5.82 Å². The average Bonchev–Trinajstić information content (AvgIpc) is 3.32. The van der Waals surface area contributed by atoms with Crippen molar-refractivity contribution >= 4 is 17.7 Å². The quantitative estimate of drug-likeness (QED) is 0.421. The number of nitrogens with zero attached hydrogens (tertiary/aromatic N) is 4. The Bertz CT molecular complexity index is 1200. The Morgan fingerprint density at radius 3 is 2.39 bits per heavy atom. The number of halogens is 1. The summed E-state index contributed by atoms with van der Waals surface area (Å²) in [4.78, 5) is 21.8.